The van der Waals surface area contributed by atoms with Crippen LogP contribution < -0.4 is 15.5 Å². The molecule has 0 bridgehead atoms. The number of halogens is 1. The van der Waals surface area contributed by atoms with Crippen LogP contribution in [0.25, 0.3) is 0 Å². The van der Waals surface area contributed by atoms with E-state index in [4.69, 9.17) is 0 Å². The Bertz CT molecular complexity index is 910. The summed E-state index contributed by atoms with van der Waals surface area (Å²) in [7, 11) is 3.91. The number of hydrogen-bond donors (Lipinski definition) is 2. The van der Waals surface area contributed by atoms with Gasteiger partial charge in [-0.15, -0.1) is 0 Å². The Morgan fingerprint density at radius 3 is 2.41 bits per heavy atom. The number of hydrogen-bond acceptors (Lipinski definition) is 5. The number of carbonyl (C=O) groups excluding carboxylic acids is 1. The van der Waals surface area contributed by atoms with Crippen LogP contribution in [0.4, 0.5) is 21.6 Å². The van der Waals surface area contributed by atoms with Crippen LogP contribution >= 0.6 is 0 Å². The predicted octanol–water partition coefficient (Wildman–Crippen LogP) is 3.55. The van der Waals surface area contributed by atoms with Crippen molar-refractivity contribution in [3.05, 3.63) is 78.0 Å². The second-order valence-electron chi connectivity index (χ2n) is 6.16. The summed E-state index contributed by atoms with van der Waals surface area (Å²) in [6.07, 6.45) is 1.33. The van der Waals surface area contributed by atoms with E-state index in [1.165, 1.54) is 18.5 Å². The number of anilines is 3. The van der Waals surface area contributed by atoms with Crippen molar-refractivity contribution in [2.45, 2.75) is 6.54 Å². The third-order valence-corrected chi connectivity index (χ3v) is 3.93. The maximum absolute atomic E-state index is 12.9. The first-order valence-electron chi connectivity index (χ1n) is 8.40. The molecule has 1 aromatic heterocycles. The number of carbonyl (C=O) groups is 1. The molecule has 6 nitrogen and oxygen atoms in total. The molecule has 0 spiro atoms. The van der Waals surface area contributed by atoms with Gasteiger partial charge in [-0.2, -0.15) is 0 Å². The molecule has 27 heavy (non-hydrogen) atoms. The molecule has 2 N–H and O–H groups in total. The topological polar surface area (TPSA) is 70.2 Å². The Morgan fingerprint density at radius 1 is 1.04 bits per heavy atom. The molecule has 1 heterocycles. The van der Waals surface area contributed by atoms with E-state index in [1.807, 2.05) is 43.3 Å². The van der Waals surface area contributed by atoms with Gasteiger partial charge in [0.1, 0.15) is 23.7 Å². The zero-order valence-corrected chi connectivity index (χ0v) is 15.1. The van der Waals surface area contributed by atoms with E-state index >= 15 is 0 Å². The Labute approximate surface area is 157 Å². The fourth-order valence-corrected chi connectivity index (χ4v) is 2.41. The van der Waals surface area contributed by atoms with Crippen LogP contribution in [-0.4, -0.2) is 30.0 Å². The van der Waals surface area contributed by atoms with Gasteiger partial charge >= 0.3 is 0 Å². The minimum atomic E-state index is -0.320. The van der Waals surface area contributed by atoms with Gasteiger partial charge in [-0.1, -0.05) is 12.1 Å². The summed E-state index contributed by atoms with van der Waals surface area (Å²) in [6.45, 7) is 0.463. The van der Waals surface area contributed by atoms with Crippen LogP contribution in [-0.2, 0) is 6.54 Å². The molecule has 2 aromatic carbocycles. The number of aromatic nitrogens is 2. The molecule has 0 aliphatic carbocycles. The van der Waals surface area contributed by atoms with Crippen LogP contribution in [0.1, 0.15) is 16.1 Å². The first-order chi connectivity index (χ1) is 13.0. The highest BCUT2D eigenvalue weighted by Crippen LogP contribution is 2.16. The van der Waals surface area contributed by atoms with Crippen molar-refractivity contribution >= 4 is 23.1 Å². The van der Waals surface area contributed by atoms with E-state index in [0.717, 1.165) is 11.3 Å². The largest absolute Gasteiger partial charge is 0.378 e. The lowest BCUT2D eigenvalue weighted by Crippen LogP contribution is -2.15. The van der Waals surface area contributed by atoms with Gasteiger partial charge in [-0.25, -0.2) is 14.4 Å². The predicted molar refractivity (Wildman–Crippen MR) is 104 cm³/mol. The quantitative estimate of drug-likeness (QED) is 0.699. The van der Waals surface area contributed by atoms with Gasteiger partial charge in [0.05, 0.1) is 0 Å². The summed E-state index contributed by atoms with van der Waals surface area (Å²) in [5.74, 6) is -0.0828. The molecule has 138 valence electrons. The Kier molecular flexibility index (Phi) is 5.61. The van der Waals surface area contributed by atoms with Crippen molar-refractivity contribution in [1.29, 1.82) is 0 Å². The molecular weight excluding hydrogens is 345 g/mol. The Hall–Kier alpha value is -3.48. The van der Waals surface area contributed by atoms with E-state index in [9.17, 15) is 9.18 Å². The van der Waals surface area contributed by atoms with E-state index in [2.05, 4.69) is 20.6 Å². The molecule has 0 saturated heterocycles. The minimum Gasteiger partial charge on any atom is -0.378 e. The highest BCUT2D eigenvalue weighted by atomic mass is 19.1. The van der Waals surface area contributed by atoms with Crippen LogP contribution in [0, 0.1) is 5.82 Å². The zero-order valence-electron chi connectivity index (χ0n) is 15.1. The maximum atomic E-state index is 12.9. The average Bonchev–Trinajstić information content (AvgIpc) is 2.68. The molecule has 0 unspecified atom stereocenters. The van der Waals surface area contributed by atoms with Gasteiger partial charge in [0.25, 0.3) is 5.91 Å². The van der Waals surface area contributed by atoms with Gasteiger partial charge in [0.2, 0.25) is 0 Å². The molecule has 0 aliphatic rings. The van der Waals surface area contributed by atoms with Crippen molar-refractivity contribution in [2.75, 3.05) is 29.6 Å². The summed E-state index contributed by atoms with van der Waals surface area (Å²) >= 11 is 0. The summed E-state index contributed by atoms with van der Waals surface area (Å²) in [4.78, 5) is 22.5. The summed E-state index contributed by atoms with van der Waals surface area (Å²) in [5, 5.41) is 5.91. The highest BCUT2D eigenvalue weighted by molar-refractivity contribution is 6.03. The molecule has 0 atom stereocenters. The first kappa shape index (κ1) is 18.3. The molecule has 0 fully saturated rings. The molecule has 0 radical (unpaired) electrons. The Morgan fingerprint density at radius 2 is 1.74 bits per heavy atom. The third kappa shape index (κ3) is 5.01. The number of rotatable bonds is 6. The molecule has 0 aliphatic heterocycles. The van der Waals surface area contributed by atoms with Crippen LogP contribution in [0.3, 0.4) is 0 Å². The molecule has 1 amide bonds. The smallest absolute Gasteiger partial charge is 0.274 e. The van der Waals surface area contributed by atoms with Crippen molar-refractivity contribution in [3.63, 3.8) is 0 Å². The fourth-order valence-electron chi connectivity index (χ4n) is 2.41. The second kappa shape index (κ2) is 8.27. The average molecular weight is 365 g/mol. The summed E-state index contributed by atoms with van der Waals surface area (Å²) < 4.78 is 12.9. The zero-order chi connectivity index (χ0) is 19.2. The van der Waals surface area contributed by atoms with Gasteiger partial charge in [0.15, 0.2) is 0 Å². The SMILES string of the molecule is CN(C)c1ccc(NC(=O)c2cc(NCc3ccc(F)cc3)ncn2)cc1. The van der Waals surface area contributed by atoms with Crippen LogP contribution in [0.2, 0.25) is 0 Å². The van der Waals surface area contributed by atoms with E-state index in [1.54, 1.807) is 18.2 Å². The number of nitrogens with one attached hydrogen (secondary N) is 2. The van der Waals surface area contributed by atoms with Crippen molar-refractivity contribution in [3.8, 4) is 0 Å². The van der Waals surface area contributed by atoms with E-state index in [-0.39, 0.29) is 17.4 Å². The molecule has 0 saturated carbocycles. The highest BCUT2D eigenvalue weighted by Gasteiger charge is 2.09. The molecular formula is C20H20FN5O. The van der Waals surface area contributed by atoms with Gasteiger partial charge in [0, 0.05) is 38.1 Å². The second-order valence-corrected chi connectivity index (χ2v) is 6.16. The number of amides is 1. The number of benzene rings is 2. The standard InChI is InChI=1S/C20H20FN5O/c1-26(2)17-9-7-16(8-10-17)25-20(27)18-11-19(24-13-23-18)22-12-14-3-5-15(21)6-4-14/h3-11,13H,12H2,1-2H3,(H,25,27)(H,22,23,24). The molecule has 7 heteroatoms. The molecule has 3 aromatic rings. The van der Waals surface area contributed by atoms with Crippen molar-refractivity contribution in [1.82, 2.24) is 9.97 Å². The maximum Gasteiger partial charge on any atom is 0.274 e. The fraction of sp³-hybridized carbons (Fsp3) is 0.150. The van der Waals surface area contributed by atoms with Gasteiger partial charge in [-0.3, -0.25) is 4.79 Å². The molecule has 3 rings (SSSR count). The Balaban J connectivity index is 1.63. The lowest BCUT2D eigenvalue weighted by Gasteiger charge is -2.13. The lowest BCUT2D eigenvalue weighted by atomic mass is 10.2. The monoisotopic (exact) mass is 365 g/mol. The van der Waals surface area contributed by atoms with E-state index in [0.29, 0.717) is 18.1 Å². The van der Waals surface area contributed by atoms with E-state index < -0.39 is 0 Å². The van der Waals surface area contributed by atoms with Crippen molar-refractivity contribution in [2.24, 2.45) is 0 Å². The van der Waals surface area contributed by atoms with Gasteiger partial charge < -0.3 is 15.5 Å². The minimum absolute atomic E-state index is 0.253. The lowest BCUT2D eigenvalue weighted by molar-refractivity contribution is 0.102. The summed E-state index contributed by atoms with van der Waals surface area (Å²) in [6, 6.07) is 15.3. The van der Waals surface area contributed by atoms with Crippen LogP contribution in [0.15, 0.2) is 60.9 Å². The van der Waals surface area contributed by atoms with Crippen molar-refractivity contribution < 1.29 is 9.18 Å². The number of nitrogens with zero attached hydrogens (tertiary/aromatic N) is 3. The normalized spacial score (nSPS) is 10.3. The van der Waals surface area contributed by atoms with Gasteiger partial charge in [-0.05, 0) is 42.0 Å². The third-order valence-electron chi connectivity index (χ3n) is 3.93. The first-order valence-corrected chi connectivity index (χ1v) is 8.40. The van der Waals surface area contributed by atoms with Crippen LogP contribution in [0.5, 0.6) is 0 Å². The summed E-state index contributed by atoms with van der Waals surface area (Å²) in [5.41, 5.74) is 2.89.